The van der Waals surface area contributed by atoms with Crippen molar-refractivity contribution in [2.75, 3.05) is 24.8 Å². The van der Waals surface area contributed by atoms with Gasteiger partial charge >= 0.3 is 18.0 Å². The maximum absolute atomic E-state index is 12.5. The van der Waals surface area contributed by atoms with Crippen LogP contribution >= 0.6 is 11.8 Å². The number of cyclic esters (lactones) is 1. The number of carbonyl (C=O) groups excluding carboxylic acids is 3. The third kappa shape index (κ3) is 7.16. The van der Waals surface area contributed by atoms with Crippen LogP contribution in [0.2, 0.25) is 19.1 Å². The second-order valence-electron chi connectivity index (χ2n) is 14.2. The Morgan fingerprint density at radius 2 is 2.02 bits per heavy atom. The van der Waals surface area contributed by atoms with Crippen LogP contribution in [-0.4, -0.2) is 88.0 Å². The summed E-state index contributed by atoms with van der Waals surface area (Å²) in [6, 6.07) is 6.51. The molecule has 0 spiro atoms. The second-order valence-corrected chi connectivity index (χ2v) is 20.9. The van der Waals surface area contributed by atoms with E-state index < -0.39 is 43.3 Å². The molecule has 254 valence electrons. The number of fused-ring (bicyclic) bond motifs is 4. The molecule has 1 aromatic carbocycles. The predicted molar refractivity (Wildman–Crippen MR) is 182 cm³/mol. The number of nitrogens with zero attached hydrogens (tertiary/aromatic N) is 2. The highest BCUT2D eigenvalue weighted by Gasteiger charge is 2.47. The fourth-order valence-corrected chi connectivity index (χ4v) is 11.0. The predicted octanol–water partition coefficient (Wildman–Crippen LogP) is 2.88. The van der Waals surface area contributed by atoms with Crippen LogP contribution in [0.4, 0.5) is 4.79 Å². The summed E-state index contributed by atoms with van der Waals surface area (Å²) in [6.45, 7) is 12.1. The molecule has 3 N–H and O–H groups in total. The van der Waals surface area contributed by atoms with Gasteiger partial charge in [-0.05, 0) is 67.3 Å². The minimum atomic E-state index is -1.77. The van der Waals surface area contributed by atoms with Crippen LogP contribution in [0.1, 0.15) is 56.5 Å². The van der Waals surface area contributed by atoms with Gasteiger partial charge in [0, 0.05) is 17.7 Å². The summed E-state index contributed by atoms with van der Waals surface area (Å²) in [5.41, 5.74) is 3.35. The summed E-state index contributed by atoms with van der Waals surface area (Å²) in [4.78, 5) is 42.0. The molecule has 47 heavy (non-hydrogen) atoms. The van der Waals surface area contributed by atoms with E-state index in [0.29, 0.717) is 34.5 Å². The first-order valence-electron chi connectivity index (χ1n) is 16.0. The zero-order valence-corrected chi connectivity index (χ0v) is 30.0. The van der Waals surface area contributed by atoms with Crippen molar-refractivity contribution >= 4 is 49.7 Å². The molecule has 1 amide bonds. The van der Waals surface area contributed by atoms with Gasteiger partial charge in [0.25, 0.3) is 0 Å². The number of imidazole rings is 1. The Kier molecular flexibility index (Phi) is 9.73. The van der Waals surface area contributed by atoms with Gasteiger partial charge in [0.2, 0.25) is 0 Å². The number of methoxy groups -OCH3 is 1. The van der Waals surface area contributed by atoms with Gasteiger partial charge in [0.15, 0.2) is 5.60 Å². The van der Waals surface area contributed by atoms with E-state index in [1.54, 1.807) is 39.5 Å². The molecule has 11 nitrogen and oxygen atoms in total. The first-order chi connectivity index (χ1) is 22.1. The van der Waals surface area contributed by atoms with Gasteiger partial charge in [0.1, 0.15) is 34.8 Å². The van der Waals surface area contributed by atoms with Crippen LogP contribution in [0.5, 0.6) is 0 Å². The third-order valence-corrected chi connectivity index (χ3v) is 15.0. The van der Waals surface area contributed by atoms with Crippen LogP contribution in [0.25, 0.3) is 11.8 Å². The smallest absolute Gasteiger partial charge is 0.408 e. The van der Waals surface area contributed by atoms with Crippen molar-refractivity contribution in [1.82, 2.24) is 14.9 Å². The van der Waals surface area contributed by atoms with Crippen molar-refractivity contribution < 1.29 is 38.8 Å². The molecule has 1 aromatic heterocycles. The number of rotatable bonds is 10. The second kappa shape index (κ2) is 13.2. The fourth-order valence-electron chi connectivity index (χ4n) is 6.30. The Hall–Kier alpha value is -3.55. The molecule has 0 saturated carbocycles. The number of ether oxygens (including phenoxy) is 3. The number of aliphatic hydroxyl groups is 2. The van der Waals surface area contributed by atoms with E-state index >= 15 is 0 Å². The largest absolute Gasteiger partial charge is 0.505 e. The Balaban J connectivity index is 1.29. The van der Waals surface area contributed by atoms with Crippen molar-refractivity contribution in [1.29, 1.82) is 0 Å². The number of aliphatic hydroxyl groups excluding tert-OH is 1. The molecule has 2 atom stereocenters. The van der Waals surface area contributed by atoms with Crippen LogP contribution in [0, 0.1) is 0 Å². The van der Waals surface area contributed by atoms with Gasteiger partial charge in [-0.1, -0.05) is 44.3 Å². The first-order valence-corrected chi connectivity index (χ1v) is 20.5. The molecule has 2 aliphatic heterocycles. The Morgan fingerprint density at radius 3 is 2.70 bits per heavy atom. The lowest BCUT2D eigenvalue weighted by Gasteiger charge is -2.35. The number of amides is 1. The number of esters is 2. The highest BCUT2D eigenvalue weighted by molar-refractivity contribution is 8.01. The van der Waals surface area contributed by atoms with Gasteiger partial charge in [0.05, 0.1) is 27.4 Å². The van der Waals surface area contributed by atoms with E-state index in [4.69, 9.17) is 19.2 Å². The number of carbonyl (C=O) groups is 3. The summed E-state index contributed by atoms with van der Waals surface area (Å²) >= 11 is 1.64. The summed E-state index contributed by atoms with van der Waals surface area (Å²) < 4.78 is 17.5. The van der Waals surface area contributed by atoms with Crippen LogP contribution < -0.4 is 16.1 Å². The standard InChI is InChI=1S/C34H45N3O8SSi/c1-8-34(42)24-15-25-28(29(38)23(24)17-44-31(34)40)37-16-22-20(10-9-11-21(22)14-27(37)35-25)12-13-47(6,7)19-46-18-26(30(39)43-5)36-32(41)45-33(2,3)4/h9-11,14,26,38,42H,8,12-13,15-19H2,1-7H3,(H,36,41)/t26-,34?/m1/s1. The zero-order valence-electron chi connectivity index (χ0n) is 28.2. The highest BCUT2D eigenvalue weighted by atomic mass is 32.2. The van der Waals surface area contributed by atoms with Gasteiger partial charge in [-0.15, -0.1) is 0 Å². The number of benzene rings is 1. The van der Waals surface area contributed by atoms with E-state index in [-0.39, 0.29) is 25.2 Å². The van der Waals surface area contributed by atoms with E-state index in [1.807, 2.05) is 10.6 Å². The van der Waals surface area contributed by atoms with Gasteiger partial charge < -0.3 is 34.3 Å². The lowest BCUT2D eigenvalue weighted by atomic mass is 9.80. The molecule has 3 aliphatic rings. The number of nitrogens with one attached hydrogen (secondary N) is 1. The van der Waals surface area contributed by atoms with E-state index in [9.17, 15) is 24.6 Å². The molecule has 0 radical (unpaired) electrons. The Bertz CT molecular complexity index is 1760. The zero-order chi connectivity index (χ0) is 34.3. The minimum Gasteiger partial charge on any atom is -0.505 e. The molecule has 13 heteroatoms. The van der Waals surface area contributed by atoms with Crippen LogP contribution in [0.3, 0.4) is 0 Å². The van der Waals surface area contributed by atoms with Crippen LogP contribution in [0.15, 0.2) is 29.3 Å². The fraction of sp³-hybridized carbons (Fsp3) is 0.529. The Morgan fingerprint density at radius 1 is 1.28 bits per heavy atom. The summed E-state index contributed by atoms with van der Waals surface area (Å²) in [5, 5.41) is 26.7. The number of hydrogen-bond donors (Lipinski definition) is 3. The number of aryl methyl sites for hydroxylation is 1. The molecule has 0 fully saturated rings. The molecule has 5 rings (SSSR count). The van der Waals surface area contributed by atoms with Gasteiger partial charge in [-0.2, -0.15) is 11.8 Å². The van der Waals surface area contributed by atoms with E-state index in [2.05, 4.69) is 36.6 Å². The normalized spacial score (nSPS) is 19.4. The first kappa shape index (κ1) is 34.8. The number of thioether (sulfide) groups is 1. The molecule has 0 saturated heterocycles. The van der Waals surface area contributed by atoms with E-state index in [1.165, 1.54) is 18.2 Å². The topological polar surface area (TPSA) is 149 Å². The maximum Gasteiger partial charge on any atom is 0.408 e. The SMILES string of the molecule is CCC1(O)C(=O)OCC2=C1Cc1nc3n(c1=C2O)Cc1c(cccc1CC[Si](C)(C)CSC[C@@H](NC(=O)OC(C)(C)C)C(=O)OC)C=3. The molecule has 1 unspecified atom stereocenters. The van der Waals surface area contributed by atoms with Crippen molar-refractivity contribution in [3.63, 3.8) is 0 Å². The molecular formula is C34H45N3O8SSi. The van der Waals surface area contributed by atoms with Crippen molar-refractivity contribution in [2.45, 2.75) is 89.9 Å². The summed E-state index contributed by atoms with van der Waals surface area (Å²) in [5.74, 6) is -0.796. The quantitative estimate of drug-likeness (QED) is 0.166. The summed E-state index contributed by atoms with van der Waals surface area (Å²) in [6.07, 6.45) is 2.68. The van der Waals surface area contributed by atoms with Crippen molar-refractivity contribution in [2.24, 2.45) is 0 Å². The monoisotopic (exact) mass is 683 g/mol. The average Bonchev–Trinajstić information content (AvgIpc) is 3.36. The summed E-state index contributed by atoms with van der Waals surface area (Å²) in [7, 11) is -0.427. The van der Waals surface area contributed by atoms with E-state index in [0.717, 1.165) is 28.9 Å². The van der Waals surface area contributed by atoms with Gasteiger partial charge in [-0.3, -0.25) is 0 Å². The number of hydrogen-bond acceptors (Lipinski definition) is 10. The molecule has 0 bridgehead atoms. The minimum absolute atomic E-state index is 0.00527. The molecule has 3 heterocycles. The van der Waals surface area contributed by atoms with Crippen molar-refractivity contribution in [3.05, 3.63) is 62.6 Å². The lowest BCUT2D eigenvalue weighted by molar-refractivity contribution is -0.163. The van der Waals surface area contributed by atoms with Crippen molar-refractivity contribution in [3.8, 4) is 0 Å². The molecular weight excluding hydrogens is 639 g/mol. The maximum atomic E-state index is 12.5. The highest BCUT2D eigenvalue weighted by Crippen LogP contribution is 2.36. The number of aromatic nitrogens is 2. The average molecular weight is 684 g/mol. The Labute approximate surface area is 280 Å². The number of alkyl carbamates (subject to hydrolysis) is 1. The lowest BCUT2D eigenvalue weighted by Crippen LogP contribution is -2.49. The molecule has 2 aromatic rings. The van der Waals surface area contributed by atoms with Crippen LogP contribution in [-0.2, 0) is 43.2 Å². The third-order valence-electron chi connectivity index (χ3n) is 8.92. The molecule has 1 aliphatic carbocycles. The van der Waals surface area contributed by atoms with Gasteiger partial charge in [-0.25, -0.2) is 19.4 Å².